The highest BCUT2D eigenvalue weighted by molar-refractivity contribution is 6.36. The van der Waals surface area contributed by atoms with Crippen molar-refractivity contribution < 1.29 is 9.90 Å². The maximum absolute atomic E-state index is 11.9. The number of anilines is 1. The fourth-order valence-corrected chi connectivity index (χ4v) is 2.71. The van der Waals surface area contributed by atoms with Crippen LogP contribution in [-0.4, -0.2) is 46.6 Å². The van der Waals surface area contributed by atoms with Crippen LogP contribution < -0.4 is 5.32 Å². The van der Waals surface area contributed by atoms with Gasteiger partial charge in [0.1, 0.15) is 0 Å². The van der Waals surface area contributed by atoms with Gasteiger partial charge in [-0.3, -0.25) is 9.69 Å². The smallest absolute Gasteiger partial charge is 0.239 e. The molecule has 2 N–H and O–H groups in total. The summed E-state index contributed by atoms with van der Waals surface area (Å²) in [5.41, 5.74) is 0. The largest absolute Gasteiger partial charge is 0.393 e. The number of rotatable bonds is 4. The zero-order valence-electron chi connectivity index (χ0n) is 11.1. The number of nitrogens with zero attached hydrogens (tertiary/aromatic N) is 2. The van der Waals surface area contributed by atoms with E-state index in [1.807, 2.05) is 4.90 Å². The molecule has 2 heterocycles. The van der Waals surface area contributed by atoms with Gasteiger partial charge in [-0.1, -0.05) is 23.2 Å². The Hall–Kier alpha value is -0.880. The average Bonchev–Trinajstić information content (AvgIpc) is 2.81. The Bertz CT molecular complexity index is 497. The Labute approximate surface area is 127 Å². The molecule has 1 saturated heterocycles. The number of hydrogen-bond acceptors (Lipinski definition) is 4. The van der Waals surface area contributed by atoms with Gasteiger partial charge in [0.25, 0.3) is 0 Å². The lowest BCUT2D eigenvalue weighted by Crippen LogP contribution is -2.32. The topological polar surface area (TPSA) is 65.5 Å². The molecule has 0 bridgehead atoms. The zero-order chi connectivity index (χ0) is 14.7. The second-order valence-corrected chi connectivity index (χ2v) is 5.90. The molecule has 2 atom stereocenters. The van der Waals surface area contributed by atoms with Gasteiger partial charge in [-0.15, -0.1) is 0 Å². The lowest BCUT2D eigenvalue weighted by molar-refractivity contribution is -0.117. The molecule has 2 rings (SSSR count). The Morgan fingerprint density at radius 2 is 2.40 bits per heavy atom. The summed E-state index contributed by atoms with van der Waals surface area (Å²) in [7, 11) is 0. The van der Waals surface area contributed by atoms with Gasteiger partial charge in [-0.05, 0) is 31.9 Å². The van der Waals surface area contributed by atoms with Crippen molar-refractivity contribution in [1.82, 2.24) is 9.88 Å². The van der Waals surface area contributed by atoms with Crippen LogP contribution >= 0.6 is 23.2 Å². The molecule has 1 aromatic heterocycles. The van der Waals surface area contributed by atoms with Crippen molar-refractivity contribution in [3.8, 4) is 0 Å². The highest BCUT2D eigenvalue weighted by atomic mass is 35.5. The molecule has 1 fully saturated rings. The number of carbonyl (C=O) groups is 1. The van der Waals surface area contributed by atoms with E-state index in [4.69, 9.17) is 23.2 Å². The number of nitrogens with one attached hydrogen (secondary N) is 1. The number of aliphatic hydroxyl groups excluding tert-OH is 1. The van der Waals surface area contributed by atoms with Gasteiger partial charge in [0.05, 0.1) is 22.7 Å². The molecule has 1 amide bonds. The minimum absolute atomic E-state index is 0.173. The third-order valence-corrected chi connectivity index (χ3v) is 3.92. The normalized spacial score (nSPS) is 20.9. The van der Waals surface area contributed by atoms with Gasteiger partial charge < -0.3 is 10.4 Å². The summed E-state index contributed by atoms with van der Waals surface area (Å²) < 4.78 is 0. The van der Waals surface area contributed by atoms with Crippen LogP contribution in [-0.2, 0) is 4.79 Å². The predicted octanol–water partition coefficient (Wildman–Crippen LogP) is 2.03. The van der Waals surface area contributed by atoms with Crippen LogP contribution in [0.3, 0.4) is 0 Å². The number of aliphatic hydroxyl groups is 1. The van der Waals surface area contributed by atoms with E-state index in [0.717, 1.165) is 19.5 Å². The maximum atomic E-state index is 11.9. The highest BCUT2D eigenvalue weighted by Crippen LogP contribution is 2.23. The summed E-state index contributed by atoms with van der Waals surface area (Å²) in [4.78, 5) is 17.9. The van der Waals surface area contributed by atoms with E-state index >= 15 is 0 Å². The molecule has 1 aliphatic rings. The van der Waals surface area contributed by atoms with Gasteiger partial charge >= 0.3 is 0 Å². The number of hydrogen-bond donors (Lipinski definition) is 2. The molecule has 0 aliphatic carbocycles. The first kappa shape index (κ1) is 15.5. The fraction of sp³-hybridized carbons (Fsp3) is 0.538. The van der Waals surface area contributed by atoms with Crippen LogP contribution in [0.15, 0.2) is 12.3 Å². The van der Waals surface area contributed by atoms with Gasteiger partial charge in [0.15, 0.2) is 5.82 Å². The van der Waals surface area contributed by atoms with Crippen LogP contribution in [0.1, 0.15) is 13.3 Å². The zero-order valence-corrected chi connectivity index (χ0v) is 12.7. The van der Waals surface area contributed by atoms with Gasteiger partial charge in [-0.2, -0.15) is 0 Å². The van der Waals surface area contributed by atoms with Crippen molar-refractivity contribution in [3.63, 3.8) is 0 Å². The lowest BCUT2D eigenvalue weighted by atomic mass is 10.0. The quantitative estimate of drug-likeness (QED) is 0.891. The number of pyridine rings is 1. The Kier molecular flexibility index (Phi) is 5.21. The molecular weight excluding hydrogens is 301 g/mol. The molecule has 110 valence electrons. The lowest BCUT2D eigenvalue weighted by Gasteiger charge is -2.17. The van der Waals surface area contributed by atoms with Crippen LogP contribution in [0.4, 0.5) is 5.82 Å². The van der Waals surface area contributed by atoms with Crippen LogP contribution in [0.25, 0.3) is 0 Å². The van der Waals surface area contributed by atoms with Crippen molar-refractivity contribution in [2.75, 3.05) is 25.0 Å². The second kappa shape index (κ2) is 6.72. The summed E-state index contributed by atoms with van der Waals surface area (Å²) in [5, 5.41) is 12.9. The summed E-state index contributed by atoms with van der Waals surface area (Å²) in [6.45, 7) is 3.59. The van der Waals surface area contributed by atoms with Crippen molar-refractivity contribution in [2.24, 2.45) is 5.92 Å². The first-order chi connectivity index (χ1) is 9.45. The molecule has 0 radical (unpaired) electrons. The van der Waals surface area contributed by atoms with Crippen molar-refractivity contribution in [3.05, 3.63) is 22.3 Å². The number of likely N-dealkylation sites (tertiary alicyclic amines) is 1. The van der Waals surface area contributed by atoms with E-state index in [0.29, 0.717) is 15.9 Å². The second-order valence-electron chi connectivity index (χ2n) is 5.06. The highest BCUT2D eigenvalue weighted by Gasteiger charge is 2.27. The summed E-state index contributed by atoms with van der Waals surface area (Å²) in [6, 6.07) is 1.53. The first-order valence-electron chi connectivity index (χ1n) is 6.47. The molecule has 0 saturated carbocycles. The van der Waals surface area contributed by atoms with Crippen LogP contribution in [0, 0.1) is 5.92 Å². The van der Waals surface area contributed by atoms with Crippen LogP contribution in [0.5, 0.6) is 0 Å². The molecule has 1 aliphatic heterocycles. The average molecular weight is 318 g/mol. The molecular formula is C13H17Cl2N3O2. The third kappa shape index (κ3) is 4.06. The van der Waals surface area contributed by atoms with Gasteiger partial charge in [0.2, 0.25) is 5.91 Å². The standard InChI is InChI=1S/C13H17Cl2N3O2/c1-8(19)9-2-3-18(6-9)7-12(20)17-13-11(15)4-10(14)5-16-13/h4-5,8-9,19H,2-3,6-7H2,1H3,(H,16,17,20). The Morgan fingerprint density at radius 3 is 3.00 bits per heavy atom. The summed E-state index contributed by atoms with van der Waals surface area (Å²) in [5.74, 6) is 0.375. The summed E-state index contributed by atoms with van der Waals surface area (Å²) >= 11 is 11.7. The fourth-order valence-electron chi connectivity index (χ4n) is 2.28. The van der Waals surface area contributed by atoms with E-state index in [1.54, 1.807) is 6.92 Å². The van der Waals surface area contributed by atoms with Gasteiger partial charge in [-0.25, -0.2) is 4.98 Å². The molecule has 0 aromatic carbocycles. The first-order valence-corrected chi connectivity index (χ1v) is 7.22. The molecule has 20 heavy (non-hydrogen) atoms. The molecule has 5 nitrogen and oxygen atoms in total. The van der Waals surface area contributed by atoms with Crippen molar-refractivity contribution in [1.29, 1.82) is 0 Å². The number of halogens is 2. The minimum atomic E-state index is -0.338. The number of amides is 1. The van der Waals surface area contributed by atoms with Crippen molar-refractivity contribution in [2.45, 2.75) is 19.4 Å². The maximum Gasteiger partial charge on any atom is 0.239 e. The Balaban J connectivity index is 1.87. The number of aromatic nitrogens is 1. The SMILES string of the molecule is CC(O)C1CCN(CC(=O)Nc2ncc(Cl)cc2Cl)C1. The van der Waals surface area contributed by atoms with Gasteiger partial charge in [0, 0.05) is 12.7 Å². The third-order valence-electron chi connectivity index (χ3n) is 3.42. The Morgan fingerprint density at radius 1 is 1.65 bits per heavy atom. The molecule has 1 aromatic rings. The molecule has 0 spiro atoms. The van der Waals surface area contributed by atoms with E-state index in [-0.39, 0.29) is 24.5 Å². The van der Waals surface area contributed by atoms with E-state index in [2.05, 4.69) is 10.3 Å². The minimum Gasteiger partial charge on any atom is -0.393 e. The van der Waals surface area contributed by atoms with Crippen LogP contribution in [0.2, 0.25) is 10.0 Å². The predicted molar refractivity (Wildman–Crippen MR) is 79.1 cm³/mol. The van der Waals surface area contributed by atoms with E-state index in [9.17, 15) is 9.90 Å². The van der Waals surface area contributed by atoms with E-state index < -0.39 is 0 Å². The number of carbonyl (C=O) groups excluding carboxylic acids is 1. The monoisotopic (exact) mass is 317 g/mol. The molecule has 2 unspecified atom stereocenters. The van der Waals surface area contributed by atoms with E-state index in [1.165, 1.54) is 12.3 Å². The van der Waals surface area contributed by atoms with Crippen molar-refractivity contribution >= 4 is 34.9 Å². The molecule has 7 heteroatoms. The summed E-state index contributed by atoms with van der Waals surface area (Å²) in [6.07, 6.45) is 2.00.